The van der Waals surface area contributed by atoms with Gasteiger partial charge in [-0.05, 0) is 38.0 Å². The second kappa shape index (κ2) is 9.91. The number of amides is 3. The molecule has 1 aromatic carbocycles. The molecule has 1 fully saturated rings. The number of alkyl halides is 6. The minimum atomic E-state index is -5.08. The fourth-order valence-corrected chi connectivity index (χ4v) is 3.26. The van der Waals surface area contributed by atoms with Crippen molar-refractivity contribution in [1.29, 1.82) is 0 Å². The predicted molar refractivity (Wildman–Crippen MR) is 106 cm³/mol. The van der Waals surface area contributed by atoms with E-state index >= 15 is 0 Å². The van der Waals surface area contributed by atoms with Crippen LogP contribution in [-0.4, -0.2) is 47.8 Å². The van der Waals surface area contributed by atoms with Gasteiger partial charge in [0.2, 0.25) is 5.91 Å². The smallest absolute Gasteiger partial charge is 0.376 e. The van der Waals surface area contributed by atoms with Gasteiger partial charge >= 0.3 is 18.4 Å². The molecule has 0 radical (unpaired) electrons. The Hall–Kier alpha value is -3.29. The van der Waals surface area contributed by atoms with E-state index in [1.165, 1.54) is 6.07 Å². The van der Waals surface area contributed by atoms with Crippen molar-refractivity contribution in [3.63, 3.8) is 0 Å². The zero-order valence-corrected chi connectivity index (χ0v) is 17.7. The van der Waals surface area contributed by atoms with E-state index in [0.717, 1.165) is 4.90 Å². The number of halogens is 6. The summed E-state index contributed by atoms with van der Waals surface area (Å²) in [6.45, 7) is 1.34. The van der Waals surface area contributed by atoms with Gasteiger partial charge in [0.1, 0.15) is 12.3 Å². The average Bonchev–Trinajstić information content (AvgIpc) is 3.37. The lowest BCUT2D eigenvalue weighted by Gasteiger charge is -2.25. The first-order valence-electron chi connectivity index (χ1n) is 10.0. The summed E-state index contributed by atoms with van der Waals surface area (Å²) in [5.74, 6) is -0.219. The van der Waals surface area contributed by atoms with Crippen molar-refractivity contribution in [2.75, 3.05) is 30.3 Å². The van der Waals surface area contributed by atoms with Crippen LogP contribution in [-0.2, 0) is 21.9 Å². The molecule has 8 nitrogen and oxygen atoms in total. The zero-order chi connectivity index (χ0) is 25.1. The molecule has 186 valence electrons. The second-order valence-corrected chi connectivity index (χ2v) is 7.61. The third-order valence-corrected chi connectivity index (χ3v) is 4.80. The number of rotatable bonds is 6. The highest BCUT2D eigenvalue weighted by Crippen LogP contribution is 2.37. The number of nitrogens with one attached hydrogen (secondary N) is 2. The Bertz CT molecular complexity index is 999. The maximum Gasteiger partial charge on any atom is 0.416 e. The molecule has 3 amide bonds. The molecule has 1 aliphatic rings. The highest BCUT2D eigenvalue weighted by atomic mass is 19.4. The Morgan fingerprint density at radius 2 is 1.71 bits per heavy atom. The Morgan fingerprint density at radius 3 is 2.21 bits per heavy atom. The molecule has 1 unspecified atom stereocenters. The summed E-state index contributed by atoms with van der Waals surface area (Å²) in [6, 6.07) is 1.07. The van der Waals surface area contributed by atoms with Crippen molar-refractivity contribution in [2.24, 2.45) is 0 Å². The van der Waals surface area contributed by atoms with Gasteiger partial charge in [-0.3, -0.25) is 4.79 Å². The molecule has 0 saturated carbocycles. The molecule has 2 heterocycles. The number of carbonyl (C=O) groups excluding carboxylic acids is 2. The summed E-state index contributed by atoms with van der Waals surface area (Å²) >= 11 is 0. The van der Waals surface area contributed by atoms with Crippen LogP contribution in [0, 0.1) is 6.92 Å². The zero-order valence-electron chi connectivity index (χ0n) is 17.7. The van der Waals surface area contributed by atoms with Gasteiger partial charge in [0.25, 0.3) is 0 Å². The lowest BCUT2D eigenvalue weighted by molar-refractivity contribution is -0.143. The Kier molecular flexibility index (Phi) is 7.38. The Labute approximate surface area is 189 Å². The molecule has 2 aromatic rings. The number of hydrogen-bond donors (Lipinski definition) is 2. The fourth-order valence-electron chi connectivity index (χ4n) is 3.26. The molecule has 34 heavy (non-hydrogen) atoms. The maximum absolute atomic E-state index is 13.1. The summed E-state index contributed by atoms with van der Waals surface area (Å²) in [4.78, 5) is 26.1. The van der Waals surface area contributed by atoms with Gasteiger partial charge in [-0.1, -0.05) is 5.16 Å². The molecular formula is C20H20F6N4O4. The molecule has 14 heteroatoms. The lowest BCUT2D eigenvalue weighted by atomic mass is 10.1. The van der Waals surface area contributed by atoms with E-state index in [1.807, 2.05) is 5.32 Å². The number of urea groups is 1. The predicted octanol–water partition coefficient (Wildman–Crippen LogP) is 4.67. The van der Waals surface area contributed by atoms with Crippen LogP contribution in [0.4, 0.5) is 42.6 Å². The lowest BCUT2D eigenvalue weighted by Crippen LogP contribution is -2.44. The van der Waals surface area contributed by atoms with Crippen molar-refractivity contribution >= 4 is 23.4 Å². The topological polar surface area (TPSA) is 96.7 Å². The largest absolute Gasteiger partial charge is 0.416 e. The quantitative estimate of drug-likeness (QED) is 0.569. The summed E-state index contributed by atoms with van der Waals surface area (Å²) in [5.41, 5.74) is -3.89. The molecule has 1 aliphatic heterocycles. The van der Waals surface area contributed by atoms with Crippen LogP contribution in [0.2, 0.25) is 0 Å². The molecule has 1 saturated heterocycles. The summed E-state index contributed by atoms with van der Waals surface area (Å²) < 4.78 is 88.9. The molecule has 0 aliphatic carbocycles. The number of aryl methyl sites for hydroxylation is 1. The number of aromatic nitrogens is 1. The van der Waals surface area contributed by atoms with Gasteiger partial charge in [-0.15, -0.1) is 0 Å². The third-order valence-electron chi connectivity index (χ3n) is 4.80. The monoisotopic (exact) mass is 494 g/mol. The fraction of sp³-hybridized carbons (Fsp3) is 0.450. The Morgan fingerprint density at radius 1 is 1.06 bits per heavy atom. The molecule has 2 N–H and O–H groups in total. The first kappa shape index (κ1) is 25.3. The Balaban J connectivity index is 1.80. The van der Waals surface area contributed by atoms with Crippen molar-refractivity contribution in [3.05, 3.63) is 41.2 Å². The molecule has 3 rings (SSSR count). The van der Waals surface area contributed by atoms with E-state index in [9.17, 15) is 35.9 Å². The van der Waals surface area contributed by atoms with Crippen LogP contribution in [0.15, 0.2) is 28.8 Å². The van der Waals surface area contributed by atoms with Crippen LogP contribution in [0.25, 0.3) is 0 Å². The van der Waals surface area contributed by atoms with Crippen molar-refractivity contribution < 1.29 is 45.2 Å². The third kappa shape index (κ3) is 6.85. The first-order chi connectivity index (χ1) is 15.8. The van der Waals surface area contributed by atoms with E-state index in [-0.39, 0.29) is 18.4 Å². The van der Waals surface area contributed by atoms with Crippen LogP contribution in [0.5, 0.6) is 0 Å². The van der Waals surface area contributed by atoms with Crippen LogP contribution >= 0.6 is 0 Å². The number of anilines is 2. The van der Waals surface area contributed by atoms with Gasteiger partial charge in [-0.25, -0.2) is 4.79 Å². The van der Waals surface area contributed by atoms with Crippen LogP contribution in [0.1, 0.15) is 29.7 Å². The van der Waals surface area contributed by atoms with Gasteiger partial charge in [0.15, 0.2) is 5.82 Å². The van der Waals surface area contributed by atoms with Crippen LogP contribution < -0.4 is 10.6 Å². The number of carbonyl (C=O) groups is 2. The molecular weight excluding hydrogens is 474 g/mol. The van der Waals surface area contributed by atoms with Gasteiger partial charge in [0, 0.05) is 24.9 Å². The number of nitrogens with zero attached hydrogens (tertiary/aromatic N) is 2. The van der Waals surface area contributed by atoms with Gasteiger partial charge < -0.3 is 24.8 Å². The second-order valence-electron chi connectivity index (χ2n) is 7.61. The van der Waals surface area contributed by atoms with E-state index in [1.54, 1.807) is 6.92 Å². The highest BCUT2D eigenvalue weighted by molar-refractivity contribution is 5.96. The van der Waals surface area contributed by atoms with E-state index < -0.39 is 53.8 Å². The number of benzene rings is 1. The van der Waals surface area contributed by atoms with E-state index in [2.05, 4.69) is 10.5 Å². The molecule has 0 spiro atoms. The SMILES string of the molecule is Cc1cc(NC(=O)CN(CC2CCCO2)C(=O)Nc2cc(C(F)(F)F)cc(C(F)(F)F)c2)no1. The number of hydrogen-bond acceptors (Lipinski definition) is 5. The summed E-state index contributed by atoms with van der Waals surface area (Å²) in [7, 11) is 0. The van der Waals surface area contributed by atoms with Gasteiger partial charge in [0.05, 0.1) is 17.2 Å². The number of ether oxygens (including phenoxy) is 1. The van der Waals surface area contributed by atoms with Crippen molar-refractivity contribution in [3.8, 4) is 0 Å². The normalized spacial score (nSPS) is 16.4. The van der Waals surface area contributed by atoms with Gasteiger partial charge in [-0.2, -0.15) is 26.3 Å². The maximum atomic E-state index is 13.1. The van der Waals surface area contributed by atoms with E-state index in [0.29, 0.717) is 37.3 Å². The van der Waals surface area contributed by atoms with Crippen LogP contribution in [0.3, 0.4) is 0 Å². The van der Waals surface area contributed by atoms with Crippen molar-refractivity contribution in [2.45, 2.75) is 38.2 Å². The molecule has 1 atom stereocenters. The molecule has 1 aromatic heterocycles. The first-order valence-corrected chi connectivity index (χ1v) is 10.0. The summed E-state index contributed by atoms with van der Waals surface area (Å²) in [5, 5.41) is 8.00. The summed E-state index contributed by atoms with van der Waals surface area (Å²) in [6.07, 6.45) is -9.33. The minimum absolute atomic E-state index is 0.0485. The van der Waals surface area contributed by atoms with E-state index in [4.69, 9.17) is 9.26 Å². The standard InChI is InChI=1S/C20H20F6N4O4/c1-11-5-16(29-34-11)28-17(31)10-30(9-15-3-2-4-33-15)18(32)27-14-7-12(19(21,22)23)6-13(8-14)20(24,25)26/h5-8,15H,2-4,9-10H2,1H3,(H,27,32)(H,28,29,31). The highest BCUT2D eigenvalue weighted by Gasteiger charge is 2.37. The minimum Gasteiger partial charge on any atom is -0.376 e. The van der Waals surface area contributed by atoms with Crippen molar-refractivity contribution in [1.82, 2.24) is 10.1 Å². The average molecular weight is 494 g/mol. The molecule has 0 bridgehead atoms.